The predicted molar refractivity (Wildman–Crippen MR) is 43.5 cm³/mol. The number of hydrogen-bond acceptors (Lipinski definition) is 5. The second-order valence-electron chi connectivity index (χ2n) is 1.94. The number of nitrogens with zero attached hydrogens (tertiary/aromatic N) is 3. The molecule has 0 saturated heterocycles. The fourth-order valence-corrected chi connectivity index (χ4v) is 1.12. The molecule has 0 amide bonds. The maximum atomic E-state index is 11.1. The molecule has 6 heteroatoms. The molecule has 0 aliphatic carbocycles. The predicted octanol–water partition coefficient (Wildman–Crippen LogP) is -0.521. The van der Waals surface area contributed by atoms with Gasteiger partial charge in [-0.05, 0) is 6.26 Å². The SMILES string of the molecule is CSc1nnc(N)c(=O)n1C. The van der Waals surface area contributed by atoms with E-state index < -0.39 is 0 Å². The zero-order valence-corrected chi connectivity index (χ0v) is 7.05. The van der Waals surface area contributed by atoms with Gasteiger partial charge in [0.15, 0.2) is 5.16 Å². The molecule has 11 heavy (non-hydrogen) atoms. The van der Waals surface area contributed by atoms with Crippen molar-refractivity contribution in [2.24, 2.45) is 7.05 Å². The van der Waals surface area contributed by atoms with Crippen LogP contribution in [0.15, 0.2) is 9.95 Å². The molecular weight excluding hydrogens is 164 g/mol. The van der Waals surface area contributed by atoms with Gasteiger partial charge in [0.1, 0.15) is 0 Å². The molecule has 1 aromatic rings. The fourth-order valence-electron chi connectivity index (χ4n) is 0.643. The van der Waals surface area contributed by atoms with E-state index in [0.717, 1.165) is 0 Å². The zero-order chi connectivity index (χ0) is 8.43. The van der Waals surface area contributed by atoms with Crippen LogP contribution < -0.4 is 11.3 Å². The highest BCUT2D eigenvalue weighted by atomic mass is 32.2. The monoisotopic (exact) mass is 172 g/mol. The van der Waals surface area contributed by atoms with Gasteiger partial charge in [0.05, 0.1) is 0 Å². The summed E-state index contributed by atoms with van der Waals surface area (Å²) in [4.78, 5) is 11.1. The number of thioether (sulfide) groups is 1. The van der Waals surface area contributed by atoms with Crippen LogP contribution in [0.25, 0.3) is 0 Å². The number of nitrogens with two attached hydrogens (primary N) is 1. The van der Waals surface area contributed by atoms with Crippen molar-refractivity contribution in [1.82, 2.24) is 14.8 Å². The van der Waals surface area contributed by atoms with Gasteiger partial charge in [0.25, 0.3) is 5.56 Å². The van der Waals surface area contributed by atoms with E-state index in [4.69, 9.17) is 5.73 Å². The molecule has 0 spiro atoms. The van der Waals surface area contributed by atoms with Crippen LogP contribution in [-0.2, 0) is 7.05 Å². The van der Waals surface area contributed by atoms with Crippen molar-refractivity contribution in [2.75, 3.05) is 12.0 Å². The first-order chi connectivity index (χ1) is 5.16. The second-order valence-corrected chi connectivity index (χ2v) is 2.71. The number of hydrogen-bond donors (Lipinski definition) is 1. The topological polar surface area (TPSA) is 73.8 Å². The summed E-state index contributed by atoms with van der Waals surface area (Å²) in [5, 5.41) is 7.75. The van der Waals surface area contributed by atoms with Crippen molar-refractivity contribution < 1.29 is 0 Å². The standard InChI is InChI=1S/C5H8N4OS/c1-9-4(10)3(6)7-8-5(9)11-2/h1-2H3,(H2,6,7). The summed E-state index contributed by atoms with van der Waals surface area (Å²) in [6.45, 7) is 0. The summed E-state index contributed by atoms with van der Waals surface area (Å²) >= 11 is 1.35. The van der Waals surface area contributed by atoms with Gasteiger partial charge >= 0.3 is 0 Å². The lowest BCUT2D eigenvalue weighted by molar-refractivity contribution is 0.669. The van der Waals surface area contributed by atoms with Crippen molar-refractivity contribution in [3.05, 3.63) is 10.4 Å². The van der Waals surface area contributed by atoms with Crippen LogP contribution in [0.5, 0.6) is 0 Å². The van der Waals surface area contributed by atoms with Crippen molar-refractivity contribution >= 4 is 17.6 Å². The Bertz CT molecular complexity index is 321. The van der Waals surface area contributed by atoms with E-state index in [2.05, 4.69) is 10.2 Å². The molecule has 0 atom stereocenters. The minimum atomic E-state index is -0.302. The lowest BCUT2D eigenvalue weighted by Crippen LogP contribution is -2.24. The van der Waals surface area contributed by atoms with Crippen LogP contribution >= 0.6 is 11.8 Å². The Balaban J connectivity index is 3.37. The van der Waals surface area contributed by atoms with Crippen molar-refractivity contribution in [1.29, 1.82) is 0 Å². The lowest BCUT2D eigenvalue weighted by Gasteiger charge is -2.01. The van der Waals surface area contributed by atoms with Gasteiger partial charge in [-0.2, -0.15) is 0 Å². The van der Waals surface area contributed by atoms with Crippen LogP contribution in [0.2, 0.25) is 0 Å². The van der Waals surface area contributed by atoms with Gasteiger partial charge in [-0.15, -0.1) is 10.2 Å². The molecule has 0 saturated carbocycles. The van der Waals surface area contributed by atoms with E-state index in [-0.39, 0.29) is 11.4 Å². The van der Waals surface area contributed by atoms with E-state index >= 15 is 0 Å². The Morgan fingerprint density at radius 3 is 2.73 bits per heavy atom. The van der Waals surface area contributed by atoms with Gasteiger partial charge in [-0.1, -0.05) is 11.8 Å². The summed E-state index contributed by atoms with van der Waals surface area (Å²) in [5.41, 5.74) is 4.93. The highest BCUT2D eigenvalue weighted by molar-refractivity contribution is 7.98. The third-order valence-corrected chi connectivity index (χ3v) is 1.96. The molecule has 0 bridgehead atoms. The number of aromatic nitrogens is 3. The molecule has 1 heterocycles. The zero-order valence-electron chi connectivity index (χ0n) is 6.24. The van der Waals surface area contributed by atoms with E-state index in [1.807, 2.05) is 6.26 Å². The molecule has 0 aliphatic heterocycles. The molecule has 5 nitrogen and oxygen atoms in total. The average molecular weight is 172 g/mol. The molecule has 0 aromatic carbocycles. The summed E-state index contributed by atoms with van der Waals surface area (Å²) in [6, 6.07) is 0. The van der Waals surface area contributed by atoms with Crippen LogP contribution in [-0.4, -0.2) is 21.0 Å². The van der Waals surface area contributed by atoms with Crippen LogP contribution in [0.3, 0.4) is 0 Å². The van der Waals surface area contributed by atoms with Crippen LogP contribution in [0.4, 0.5) is 5.82 Å². The Morgan fingerprint density at radius 2 is 2.18 bits per heavy atom. The smallest absolute Gasteiger partial charge is 0.296 e. The summed E-state index contributed by atoms with van der Waals surface area (Å²) in [6.07, 6.45) is 1.82. The molecule has 60 valence electrons. The molecule has 0 radical (unpaired) electrons. The summed E-state index contributed by atoms with van der Waals surface area (Å²) in [7, 11) is 1.61. The quantitative estimate of drug-likeness (QED) is 0.577. The summed E-state index contributed by atoms with van der Waals surface area (Å²) in [5.74, 6) is -0.0645. The Kier molecular flexibility index (Phi) is 2.13. The largest absolute Gasteiger partial charge is 0.378 e. The molecular formula is C5H8N4OS. The highest BCUT2D eigenvalue weighted by Crippen LogP contribution is 2.05. The maximum absolute atomic E-state index is 11.1. The molecule has 1 aromatic heterocycles. The maximum Gasteiger partial charge on any atom is 0.296 e. The van der Waals surface area contributed by atoms with Gasteiger partial charge < -0.3 is 5.73 Å². The van der Waals surface area contributed by atoms with Gasteiger partial charge in [0.2, 0.25) is 5.82 Å². The molecule has 0 unspecified atom stereocenters. The fraction of sp³-hybridized carbons (Fsp3) is 0.400. The number of rotatable bonds is 1. The molecule has 2 N–H and O–H groups in total. The van der Waals surface area contributed by atoms with E-state index in [1.54, 1.807) is 7.05 Å². The van der Waals surface area contributed by atoms with Gasteiger partial charge in [-0.25, -0.2) is 0 Å². The second kappa shape index (κ2) is 2.91. The van der Waals surface area contributed by atoms with E-state index in [1.165, 1.54) is 16.3 Å². The van der Waals surface area contributed by atoms with E-state index in [9.17, 15) is 4.79 Å². The van der Waals surface area contributed by atoms with Crippen molar-refractivity contribution in [2.45, 2.75) is 5.16 Å². The molecule has 0 aliphatic rings. The minimum Gasteiger partial charge on any atom is -0.378 e. The first-order valence-corrected chi connectivity index (χ1v) is 4.12. The Morgan fingerprint density at radius 1 is 1.55 bits per heavy atom. The molecule has 0 fully saturated rings. The lowest BCUT2D eigenvalue weighted by atomic mass is 10.7. The third kappa shape index (κ3) is 1.35. The normalized spacial score (nSPS) is 10.0. The minimum absolute atomic E-state index is 0.0645. The third-order valence-electron chi connectivity index (χ3n) is 1.24. The average Bonchev–Trinajstić information content (AvgIpc) is 2.01. The highest BCUT2D eigenvalue weighted by Gasteiger charge is 2.03. The van der Waals surface area contributed by atoms with E-state index in [0.29, 0.717) is 5.16 Å². The van der Waals surface area contributed by atoms with Crippen LogP contribution in [0.1, 0.15) is 0 Å². The van der Waals surface area contributed by atoms with Gasteiger partial charge in [-0.3, -0.25) is 9.36 Å². The van der Waals surface area contributed by atoms with Crippen LogP contribution in [0, 0.1) is 0 Å². The molecule has 1 rings (SSSR count). The van der Waals surface area contributed by atoms with Crippen molar-refractivity contribution in [3.8, 4) is 0 Å². The number of anilines is 1. The summed E-state index contributed by atoms with van der Waals surface area (Å²) < 4.78 is 1.37. The Hall–Kier alpha value is -1.04. The van der Waals surface area contributed by atoms with Gasteiger partial charge in [0, 0.05) is 7.05 Å². The Labute approximate surface area is 67.6 Å². The van der Waals surface area contributed by atoms with Crippen molar-refractivity contribution in [3.63, 3.8) is 0 Å². The first-order valence-electron chi connectivity index (χ1n) is 2.90. The number of nitrogen functional groups attached to an aromatic ring is 1. The first kappa shape index (κ1) is 8.06.